The van der Waals surface area contributed by atoms with E-state index in [2.05, 4.69) is 20.9 Å². The SMILES string of the molecule is O=C(c1ncccc1Br)N1CCCO1. The molecule has 1 aromatic rings. The molecule has 2 heterocycles. The summed E-state index contributed by atoms with van der Waals surface area (Å²) in [7, 11) is 0. The fourth-order valence-corrected chi connectivity index (χ4v) is 1.69. The average molecular weight is 257 g/mol. The van der Waals surface area contributed by atoms with Crippen molar-refractivity contribution in [2.24, 2.45) is 0 Å². The Kier molecular flexibility index (Phi) is 2.79. The Morgan fingerprint density at radius 3 is 3.14 bits per heavy atom. The summed E-state index contributed by atoms with van der Waals surface area (Å²) in [6.45, 7) is 1.25. The molecule has 0 bridgehead atoms. The summed E-state index contributed by atoms with van der Waals surface area (Å²) >= 11 is 3.28. The Balaban J connectivity index is 2.22. The van der Waals surface area contributed by atoms with E-state index in [-0.39, 0.29) is 5.91 Å². The summed E-state index contributed by atoms with van der Waals surface area (Å²) in [6, 6.07) is 3.56. The van der Waals surface area contributed by atoms with Gasteiger partial charge in [-0.15, -0.1) is 0 Å². The number of carbonyl (C=O) groups is 1. The number of halogens is 1. The Bertz CT molecular complexity index is 350. The lowest BCUT2D eigenvalue weighted by Gasteiger charge is -2.13. The number of hydrogen-bond donors (Lipinski definition) is 0. The molecule has 14 heavy (non-hydrogen) atoms. The molecule has 1 fully saturated rings. The molecule has 1 aromatic heterocycles. The third kappa shape index (κ3) is 1.78. The van der Waals surface area contributed by atoms with E-state index in [1.54, 1.807) is 18.3 Å². The molecule has 1 aliphatic rings. The lowest BCUT2D eigenvalue weighted by atomic mass is 10.3. The maximum Gasteiger partial charge on any atom is 0.297 e. The first kappa shape index (κ1) is 9.61. The van der Waals surface area contributed by atoms with Gasteiger partial charge in [-0.25, -0.2) is 10.0 Å². The zero-order valence-electron chi connectivity index (χ0n) is 7.44. The number of carbonyl (C=O) groups excluding carboxylic acids is 1. The van der Waals surface area contributed by atoms with Gasteiger partial charge in [0, 0.05) is 10.7 Å². The highest BCUT2D eigenvalue weighted by atomic mass is 79.9. The summed E-state index contributed by atoms with van der Waals surface area (Å²) < 4.78 is 0.695. The molecule has 0 aromatic carbocycles. The molecule has 0 atom stereocenters. The van der Waals surface area contributed by atoms with Gasteiger partial charge in [-0.1, -0.05) is 0 Å². The van der Waals surface area contributed by atoms with Gasteiger partial charge < -0.3 is 0 Å². The predicted molar refractivity (Wildman–Crippen MR) is 53.5 cm³/mol. The van der Waals surface area contributed by atoms with Gasteiger partial charge in [-0.3, -0.25) is 9.63 Å². The Hall–Kier alpha value is -0.940. The minimum absolute atomic E-state index is 0.185. The van der Waals surface area contributed by atoms with Crippen LogP contribution in [0.4, 0.5) is 0 Å². The molecular weight excluding hydrogens is 248 g/mol. The van der Waals surface area contributed by atoms with Crippen LogP contribution in [0.1, 0.15) is 16.9 Å². The number of rotatable bonds is 1. The van der Waals surface area contributed by atoms with Crippen molar-refractivity contribution in [3.05, 3.63) is 28.5 Å². The first-order valence-corrected chi connectivity index (χ1v) is 5.13. The van der Waals surface area contributed by atoms with Crippen molar-refractivity contribution in [1.82, 2.24) is 10.0 Å². The van der Waals surface area contributed by atoms with Crippen LogP contribution in [0, 0.1) is 0 Å². The van der Waals surface area contributed by atoms with E-state index < -0.39 is 0 Å². The molecule has 0 aliphatic carbocycles. The van der Waals surface area contributed by atoms with Crippen molar-refractivity contribution in [2.75, 3.05) is 13.2 Å². The second kappa shape index (κ2) is 4.06. The zero-order valence-corrected chi connectivity index (χ0v) is 9.03. The summed E-state index contributed by atoms with van der Waals surface area (Å²) in [5, 5.41) is 1.35. The van der Waals surface area contributed by atoms with Crippen molar-refractivity contribution in [3.8, 4) is 0 Å². The average Bonchev–Trinajstić information content (AvgIpc) is 2.70. The fraction of sp³-hybridized carbons (Fsp3) is 0.333. The second-order valence-corrected chi connectivity index (χ2v) is 3.78. The molecule has 1 aliphatic heterocycles. The van der Waals surface area contributed by atoms with E-state index in [0.29, 0.717) is 23.3 Å². The van der Waals surface area contributed by atoms with Gasteiger partial charge >= 0.3 is 0 Å². The molecule has 0 unspecified atom stereocenters. The number of aromatic nitrogens is 1. The van der Waals surface area contributed by atoms with Gasteiger partial charge in [-0.05, 0) is 34.5 Å². The molecule has 0 saturated carbocycles. The normalized spacial score (nSPS) is 15.9. The number of hydrogen-bond acceptors (Lipinski definition) is 3. The topological polar surface area (TPSA) is 42.4 Å². The van der Waals surface area contributed by atoms with Crippen LogP contribution in [0.3, 0.4) is 0 Å². The van der Waals surface area contributed by atoms with Gasteiger partial charge in [0.05, 0.1) is 13.2 Å². The fourth-order valence-electron chi connectivity index (χ4n) is 1.27. The first-order chi connectivity index (χ1) is 6.79. The molecule has 0 spiro atoms. The van der Waals surface area contributed by atoms with Crippen LogP contribution in [-0.4, -0.2) is 29.1 Å². The van der Waals surface area contributed by atoms with Gasteiger partial charge in [0.2, 0.25) is 0 Å². The van der Waals surface area contributed by atoms with Crippen molar-refractivity contribution in [1.29, 1.82) is 0 Å². The molecule has 0 radical (unpaired) electrons. The summed E-state index contributed by atoms with van der Waals surface area (Å²) in [5.41, 5.74) is 0.398. The van der Waals surface area contributed by atoms with Gasteiger partial charge in [0.1, 0.15) is 5.69 Å². The van der Waals surface area contributed by atoms with Crippen molar-refractivity contribution in [2.45, 2.75) is 6.42 Å². The van der Waals surface area contributed by atoms with Crippen LogP contribution in [0.5, 0.6) is 0 Å². The van der Waals surface area contributed by atoms with Crippen molar-refractivity contribution in [3.63, 3.8) is 0 Å². The smallest absolute Gasteiger partial charge is 0.271 e. The van der Waals surface area contributed by atoms with Crippen molar-refractivity contribution >= 4 is 21.8 Å². The molecule has 0 N–H and O–H groups in total. The summed E-state index contributed by atoms with van der Waals surface area (Å²) in [5.74, 6) is -0.185. The highest BCUT2D eigenvalue weighted by molar-refractivity contribution is 9.10. The minimum atomic E-state index is -0.185. The van der Waals surface area contributed by atoms with E-state index >= 15 is 0 Å². The largest absolute Gasteiger partial charge is 0.297 e. The predicted octanol–water partition coefficient (Wildman–Crippen LogP) is 1.62. The molecule has 5 heteroatoms. The van der Waals surface area contributed by atoms with Crippen LogP contribution in [0.15, 0.2) is 22.8 Å². The molecule has 4 nitrogen and oxygen atoms in total. The lowest BCUT2D eigenvalue weighted by Crippen LogP contribution is -2.27. The van der Waals surface area contributed by atoms with Crippen LogP contribution < -0.4 is 0 Å². The molecular formula is C9H9BrN2O2. The highest BCUT2D eigenvalue weighted by Crippen LogP contribution is 2.17. The molecule has 1 saturated heterocycles. The maximum atomic E-state index is 11.8. The van der Waals surface area contributed by atoms with Crippen LogP contribution in [0.25, 0.3) is 0 Å². The third-order valence-electron chi connectivity index (χ3n) is 1.94. The van der Waals surface area contributed by atoms with Crippen LogP contribution in [0.2, 0.25) is 0 Å². The van der Waals surface area contributed by atoms with Gasteiger partial charge in [0.25, 0.3) is 5.91 Å². The number of hydroxylamine groups is 2. The Labute approximate surface area is 90.0 Å². The maximum absolute atomic E-state index is 11.8. The summed E-state index contributed by atoms with van der Waals surface area (Å²) in [6.07, 6.45) is 2.48. The third-order valence-corrected chi connectivity index (χ3v) is 2.58. The van der Waals surface area contributed by atoms with Crippen LogP contribution >= 0.6 is 15.9 Å². The van der Waals surface area contributed by atoms with E-state index in [9.17, 15) is 4.79 Å². The summed E-state index contributed by atoms with van der Waals surface area (Å²) in [4.78, 5) is 20.9. The van der Waals surface area contributed by atoms with E-state index in [1.165, 1.54) is 5.06 Å². The van der Waals surface area contributed by atoms with Crippen LogP contribution in [-0.2, 0) is 4.84 Å². The zero-order chi connectivity index (χ0) is 9.97. The minimum Gasteiger partial charge on any atom is -0.271 e. The van der Waals surface area contributed by atoms with Gasteiger partial charge in [0.15, 0.2) is 0 Å². The number of amides is 1. The van der Waals surface area contributed by atoms with E-state index in [1.807, 2.05) is 0 Å². The van der Waals surface area contributed by atoms with E-state index in [0.717, 1.165) is 6.42 Å². The highest BCUT2D eigenvalue weighted by Gasteiger charge is 2.23. The molecule has 2 rings (SSSR count). The Morgan fingerprint density at radius 1 is 1.64 bits per heavy atom. The monoisotopic (exact) mass is 256 g/mol. The standard InChI is InChI=1S/C9H9BrN2O2/c10-7-3-1-4-11-8(7)9(13)12-5-2-6-14-12/h1,3-4H,2,5-6H2. The second-order valence-electron chi connectivity index (χ2n) is 2.93. The molecule has 74 valence electrons. The number of pyridine rings is 1. The van der Waals surface area contributed by atoms with Crippen molar-refractivity contribution < 1.29 is 9.63 Å². The van der Waals surface area contributed by atoms with E-state index in [4.69, 9.17) is 4.84 Å². The Morgan fingerprint density at radius 2 is 2.50 bits per heavy atom. The number of nitrogens with zero attached hydrogens (tertiary/aromatic N) is 2. The lowest BCUT2D eigenvalue weighted by molar-refractivity contribution is -0.0772. The molecule has 1 amide bonds. The quantitative estimate of drug-likeness (QED) is 0.767. The first-order valence-electron chi connectivity index (χ1n) is 4.34. The van der Waals surface area contributed by atoms with Gasteiger partial charge in [-0.2, -0.15) is 0 Å².